The number of amides is 5. The number of ether oxygens (including phenoxy) is 2. The molecule has 320 valence electrons. The van der Waals surface area contributed by atoms with E-state index in [2.05, 4.69) is 41.6 Å². The van der Waals surface area contributed by atoms with Gasteiger partial charge in [0.15, 0.2) is 0 Å². The summed E-state index contributed by atoms with van der Waals surface area (Å²) in [4.78, 5) is 53.0. The van der Waals surface area contributed by atoms with Gasteiger partial charge in [-0.25, -0.2) is 14.4 Å². The van der Waals surface area contributed by atoms with Crippen molar-refractivity contribution in [1.29, 1.82) is 0 Å². The van der Waals surface area contributed by atoms with Crippen molar-refractivity contribution in [2.75, 3.05) is 69.5 Å². The quantitative estimate of drug-likeness (QED) is 0.0774. The zero-order valence-electron chi connectivity index (χ0n) is 36.1. The molecule has 2 heterocycles. The van der Waals surface area contributed by atoms with Gasteiger partial charge in [-0.3, -0.25) is 15.4 Å². The summed E-state index contributed by atoms with van der Waals surface area (Å²) in [6.07, 6.45) is -1.08. The lowest BCUT2D eigenvalue weighted by Gasteiger charge is -2.21. The van der Waals surface area contributed by atoms with E-state index in [1.165, 1.54) is 29.4 Å². The second-order valence-electron chi connectivity index (χ2n) is 14.9. The molecule has 5 N–H and O–H groups in total. The molecule has 58 heavy (non-hydrogen) atoms. The first-order valence-electron chi connectivity index (χ1n) is 18.7. The Morgan fingerprint density at radius 3 is 1.38 bits per heavy atom. The molecule has 0 aliphatic rings. The number of nitrogen functional groups attached to an aromatic ring is 1. The number of hydrogen-bond donors (Lipinski definition) is 4. The minimum Gasteiger partial charge on any atom is -0.444 e. The molecule has 4 aromatic rings. The number of urea groups is 1. The van der Waals surface area contributed by atoms with Crippen molar-refractivity contribution < 1.29 is 28.7 Å². The van der Waals surface area contributed by atoms with Gasteiger partial charge in [0.1, 0.15) is 11.2 Å². The van der Waals surface area contributed by atoms with E-state index in [-0.39, 0.29) is 6.03 Å². The average Bonchev–Trinajstić information content (AvgIpc) is 3.86. The molecule has 0 saturated carbocycles. The Bertz CT molecular complexity index is 1850. The van der Waals surface area contributed by atoms with Gasteiger partial charge in [-0.05, 0) is 131 Å². The fourth-order valence-electron chi connectivity index (χ4n) is 4.35. The van der Waals surface area contributed by atoms with Gasteiger partial charge in [-0.1, -0.05) is 45.0 Å². The maximum atomic E-state index is 12.1. The molecule has 13 nitrogen and oxygen atoms in total. The van der Waals surface area contributed by atoms with Gasteiger partial charge in [0.05, 0.1) is 22.7 Å². The summed E-state index contributed by atoms with van der Waals surface area (Å²) in [6.45, 7) is 20.9. The van der Waals surface area contributed by atoms with Crippen LogP contribution in [0, 0.1) is 0 Å². The fourth-order valence-corrected chi connectivity index (χ4v) is 5.80. The van der Waals surface area contributed by atoms with Crippen molar-refractivity contribution >= 4 is 80.6 Å². The van der Waals surface area contributed by atoms with Crippen molar-refractivity contribution in [1.82, 2.24) is 14.7 Å². The molecular formula is C42H62ClN7O6S2. The predicted molar refractivity (Wildman–Crippen MR) is 245 cm³/mol. The molecule has 0 bridgehead atoms. The van der Waals surface area contributed by atoms with Crippen LogP contribution in [0.3, 0.4) is 0 Å². The normalized spacial score (nSPS) is 10.6. The molecule has 0 aliphatic carbocycles. The van der Waals surface area contributed by atoms with Crippen molar-refractivity contribution in [2.45, 2.75) is 73.5 Å². The first-order valence-corrected chi connectivity index (χ1v) is 20.8. The van der Waals surface area contributed by atoms with E-state index < -0.39 is 28.8 Å². The van der Waals surface area contributed by atoms with E-state index in [0.717, 1.165) is 20.9 Å². The van der Waals surface area contributed by atoms with E-state index >= 15 is 0 Å². The molecule has 0 unspecified atom stereocenters. The van der Waals surface area contributed by atoms with Crippen molar-refractivity contribution in [3.8, 4) is 20.9 Å². The molecule has 0 saturated heterocycles. The number of nitrogens with one attached hydrogen (secondary N) is 3. The molecular weight excluding hydrogens is 798 g/mol. The van der Waals surface area contributed by atoms with Gasteiger partial charge >= 0.3 is 23.6 Å². The van der Waals surface area contributed by atoms with Gasteiger partial charge in [0.2, 0.25) is 0 Å². The van der Waals surface area contributed by atoms with Gasteiger partial charge in [0, 0.05) is 37.9 Å². The second kappa shape index (κ2) is 24.8. The monoisotopic (exact) mass is 859 g/mol. The number of benzene rings is 2. The maximum Gasteiger partial charge on any atom is 0.412 e. The van der Waals surface area contributed by atoms with Crippen LogP contribution >= 0.6 is 34.3 Å². The summed E-state index contributed by atoms with van der Waals surface area (Å²) >= 11 is 8.15. The number of carbonyl (C=O) groups excluding carboxylic acids is 4. The van der Waals surface area contributed by atoms with Gasteiger partial charge in [-0.2, -0.15) is 0 Å². The number of rotatable bonds is 8. The lowest BCUT2D eigenvalue weighted by Crippen LogP contribution is -2.29. The number of nitrogens with two attached hydrogens (primary N) is 1. The van der Waals surface area contributed by atoms with Crippen LogP contribution in [0.5, 0.6) is 0 Å². The van der Waals surface area contributed by atoms with Crippen LogP contribution in [0.4, 0.5) is 41.9 Å². The third kappa shape index (κ3) is 20.5. The van der Waals surface area contributed by atoms with E-state index in [0.29, 0.717) is 22.7 Å². The largest absolute Gasteiger partial charge is 0.444 e. The lowest BCUT2D eigenvalue weighted by molar-refractivity contribution is 0.0624. The van der Waals surface area contributed by atoms with Crippen LogP contribution < -0.4 is 21.7 Å². The number of carbonyl (C=O) groups is 4. The molecule has 5 amide bonds. The van der Waals surface area contributed by atoms with Crippen LogP contribution in [0.2, 0.25) is 0 Å². The highest BCUT2D eigenvalue weighted by molar-refractivity contribution is 7.13. The van der Waals surface area contributed by atoms with Crippen LogP contribution in [0.15, 0.2) is 71.4 Å². The van der Waals surface area contributed by atoms with Crippen molar-refractivity contribution in [3.05, 3.63) is 71.4 Å². The smallest absolute Gasteiger partial charge is 0.412 e. The predicted octanol–water partition coefficient (Wildman–Crippen LogP) is 11.5. The Kier molecular flexibility index (Phi) is 21.9. The molecule has 0 atom stereocenters. The number of hydrogen-bond acceptors (Lipinski definition) is 10. The zero-order valence-corrected chi connectivity index (χ0v) is 38.5. The minimum absolute atomic E-state index is 0.282. The number of anilines is 4. The highest BCUT2D eigenvalue weighted by Gasteiger charge is 2.19. The molecule has 0 spiro atoms. The maximum absolute atomic E-state index is 12.1. The number of thiophene rings is 2. The molecule has 2 aromatic carbocycles. The van der Waals surface area contributed by atoms with Crippen LogP contribution in [-0.4, -0.2) is 97.3 Å². The summed E-state index contributed by atoms with van der Waals surface area (Å²) < 4.78 is 10.5. The average molecular weight is 861 g/mol. The Hall–Kier alpha value is -4.83. The SMILES string of the molecule is CC(C)(C)OC(=O)Nc1ccc(-c2cccs2)cc1N.CCN(CC)CC.CN(C)C(=O)Cl.CN(C)C(=O)Nc1cc(-c2cccs2)ccc1NC(=O)OC(C)(C)C. The highest BCUT2D eigenvalue weighted by atomic mass is 35.5. The summed E-state index contributed by atoms with van der Waals surface area (Å²) in [5, 5.41) is 11.7. The summed E-state index contributed by atoms with van der Waals surface area (Å²) in [5.74, 6) is 0. The van der Waals surface area contributed by atoms with Gasteiger partial charge < -0.3 is 35.2 Å². The first kappa shape index (κ1) is 51.2. The van der Waals surface area contributed by atoms with Gasteiger partial charge in [-0.15, -0.1) is 22.7 Å². The van der Waals surface area contributed by atoms with Crippen LogP contribution in [0.25, 0.3) is 20.9 Å². The van der Waals surface area contributed by atoms with E-state index in [1.54, 1.807) is 83.8 Å². The Morgan fingerprint density at radius 1 is 0.638 bits per heavy atom. The lowest BCUT2D eigenvalue weighted by atomic mass is 10.1. The molecule has 2 aromatic heterocycles. The zero-order chi connectivity index (χ0) is 44.2. The standard InChI is InChI=1S/C18H23N3O3S.C15H18N2O2S.C6H15N.C3H6ClNO/c1-18(2,3)24-17(23)20-13-9-8-12(15-7-6-10-25-15)11-14(13)19-16(22)21(4)5;1-15(2,3)19-14(18)17-12-7-6-10(9-11(12)16)13-5-4-8-20-13;1-4-7(5-2)6-3;1-5(2)3(4)6/h6-11H,1-5H3,(H,19,22)(H,20,23);4-9H,16H2,1-3H3,(H,17,18);4-6H2,1-3H3;1-2H3. The topological polar surface area (TPSA) is 159 Å². The second-order valence-corrected chi connectivity index (χ2v) is 17.1. The van der Waals surface area contributed by atoms with Crippen LogP contribution in [0.1, 0.15) is 62.3 Å². The Morgan fingerprint density at radius 2 is 1.05 bits per heavy atom. The fraction of sp³-hybridized carbons (Fsp3) is 0.429. The molecule has 0 aliphatic heterocycles. The Balaban J connectivity index is 0.000000451. The molecule has 16 heteroatoms. The summed E-state index contributed by atoms with van der Waals surface area (Å²) in [6, 6.07) is 18.7. The third-order valence-corrected chi connectivity index (χ3v) is 9.47. The number of halogens is 1. The summed E-state index contributed by atoms with van der Waals surface area (Å²) in [7, 11) is 6.49. The molecule has 4 rings (SSSR count). The number of nitrogens with zero attached hydrogens (tertiary/aromatic N) is 3. The van der Waals surface area contributed by atoms with E-state index in [9.17, 15) is 19.2 Å². The molecule has 0 fully saturated rings. The molecule has 0 radical (unpaired) electrons. The third-order valence-electron chi connectivity index (χ3n) is 7.29. The van der Waals surface area contributed by atoms with Gasteiger partial charge in [0.25, 0.3) is 0 Å². The van der Waals surface area contributed by atoms with Crippen LogP contribution in [-0.2, 0) is 9.47 Å². The van der Waals surface area contributed by atoms with E-state index in [1.807, 2.05) is 80.1 Å². The minimum atomic E-state index is -0.603. The Labute approximate surface area is 357 Å². The van der Waals surface area contributed by atoms with Crippen molar-refractivity contribution in [3.63, 3.8) is 0 Å². The first-order chi connectivity index (χ1) is 27.0. The van der Waals surface area contributed by atoms with Crippen molar-refractivity contribution in [2.24, 2.45) is 0 Å². The summed E-state index contributed by atoms with van der Waals surface area (Å²) in [5.41, 5.74) is 8.89. The van der Waals surface area contributed by atoms with E-state index in [4.69, 9.17) is 26.8 Å². The highest BCUT2D eigenvalue weighted by Crippen LogP contribution is 2.33.